The molecule has 1 heterocycles. The molecule has 2 unspecified atom stereocenters. The molecule has 3 nitrogen and oxygen atoms in total. The van der Waals surface area contributed by atoms with Crippen LogP contribution in [0.2, 0.25) is 0 Å². The van der Waals surface area contributed by atoms with Gasteiger partial charge in [-0.1, -0.05) is 53.7 Å². The van der Waals surface area contributed by atoms with Crippen molar-refractivity contribution in [1.82, 2.24) is 4.90 Å². The van der Waals surface area contributed by atoms with Crippen molar-refractivity contribution >= 4 is 11.7 Å². The molecule has 2 fully saturated rings. The average Bonchev–Trinajstić information content (AvgIpc) is 2.67. The van der Waals surface area contributed by atoms with Gasteiger partial charge in [-0.15, -0.1) is 0 Å². The molecule has 1 aromatic carbocycles. The SMILES string of the molecule is CC1(C)CC2CC(C)(CN2C(=O)Nc2ccc(C(C)(C)C)cc2)C1. The first-order valence-corrected chi connectivity index (χ1v) is 9.16. The molecular weight excluding hydrogens is 296 g/mol. The van der Waals surface area contributed by atoms with Gasteiger partial charge in [0.25, 0.3) is 0 Å². The van der Waals surface area contributed by atoms with Gasteiger partial charge < -0.3 is 10.2 Å². The van der Waals surface area contributed by atoms with Crippen molar-refractivity contribution < 1.29 is 4.79 Å². The third-order valence-electron chi connectivity index (χ3n) is 5.68. The minimum Gasteiger partial charge on any atom is -0.321 e. The number of rotatable bonds is 1. The minimum atomic E-state index is 0.0601. The Kier molecular flexibility index (Phi) is 3.97. The van der Waals surface area contributed by atoms with Crippen LogP contribution in [-0.4, -0.2) is 23.5 Å². The molecule has 2 bridgehead atoms. The van der Waals surface area contributed by atoms with E-state index in [0.717, 1.165) is 25.1 Å². The highest BCUT2D eigenvalue weighted by Crippen LogP contribution is 2.52. The van der Waals surface area contributed by atoms with Crippen LogP contribution >= 0.6 is 0 Å². The number of urea groups is 1. The lowest BCUT2D eigenvalue weighted by molar-refractivity contribution is 0.130. The largest absolute Gasteiger partial charge is 0.322 e. The lowest BCUT2D eigenvalue weighted by Crippen LogP contribution is -2.40. The van der Waals surface area contributed by atoms with Gasteiger partial charge in [-0.05, 0) is 53.2 Å². The fourth-order valence-corrected chi connectivity index (χ4v) is 4.95. The van der Waals surface area contributed by atoms with E-state index < -0.39 is 0 Å². The second-order valence-electron chi connectivity index (χ2n) is 10.1. The zero-order chi connectivity index (χ0) is 17.8. The maximum atomic E-state index is 12.8. The highest BCUT2D eigenvalue weighted by atomic mass is 16.2. The van der Waals surface area contributed by atoms with Crippen LogP contribution in [0.5, 0.6) is 0 Å². The number of nitrogens with zero attached hydrogens (tertiary/aromatic N) is 1. The number of carbonyl (C=O) groups excluding carboxylic acids is 1. The van der Waals surface area contributed by atoms with Crippen LogP contribution in [0, 0.1) is 10.8 Å². The fraction of sp³-hybridized carbons (Fsp3) is 0.667. The van der Waals surface area contributed by atoms with Gasteiger partial charge in [0.1, 0.15) is 0 Å². The Morgan fingerprint density at radius 3 is 2.33 bits per heavy atom. The van der Waals surface area contributed by atoms with Crippen molar-refractivity contribution in [3.63, 3.8) is 0 Å². The van der Waals surface area contributed by atoms with Crippen molar-refractivity contribution in [2.75, 3.05) is 11.9 Å². The number of nitrogens with one attached hydrogen (secondary N) is 1. The predicted molar refractivity (Wildman–Crippen MR) is 100 cm³/mol. The molecular formula is C21H32N2O. The molecule has 1 saturated heterocycles. The molecule has 0 radical (unpaired) electrons. The molecule has 132 valence electrons. The Balaban J connectivity index is 1.70. The van der Waals surface area contributed by atoms with Crippen molar-refractivity contribution in [2.24, 2.45) is 10.8 Å². The second-order valence-corrected chi connectivity index (χ2v) is 10.1. The van der Waals surface area contributed by atoms with Gasteiger partial charge in [0.05, 0.1) is 0 Å². The first kappa shape index (κ1) is 17.3. The number of hydrogen-bond donors (Lipinski definition) is 1. The van der Waals surface area contributed by atoms with Gasteiger partial charge in [-0.25, -0.2) is 4.79 Å². The van der Waals surface area contributed by atoms with Crippen molar-refractivity contribution in [1.29, 1.82) is 0 Å². The third kappa shape index (κ3) is 3.45. The maximum Gasteiger partial charge on any atom is 0.322 e. The third-order valence-corrected chi connectivity index (χ3v) is 5.68. The normalized spacial score (nSPS) is 28.8. The van der Waals surface area contributed by atoms with E-state index >= 15 is 0 Å². The van der Waals surface area contributed by atoms with Crippen molar-refractivity contribution in [3.05, 3.63) is 29.8 Å². The molecule has 1 saturated carbocycles. The molecule has 24 heavy (non-hydrogen) atoms. The summed E-state index contributed by atoms with van der Waals surface area (Å²) < 4.78 is 0. The summed E-state index contributed by atoms with van der Waals surface area (Å²) in [6, 6.07) is 8.71. The monoisotopic (exact) mass is 328 g/mol. The fourth-order valence-electron chi connectivity index (χ4n) is 4.95. The van der Waals surface area contributed by atoms with E-state index in [1.807, 2.05) is 12.1 Å². The van der Waals surface area contributed by atoms with Crippen LogP contribution in [-0.2, 0) is 5.41 Å². The first-order valence-electron chi connectivity index (χ1n) is 9.16. The predicted octanol–water partition coefficient (Wildman–Crippen LogP) is 5.42. The molecule has 1 aliphatic carbocycles. The van der Waals surface area contributed by atoms with Gasteiger partial charge in [0, 0.05) is 18.3 Å². The van der Waals surface area contributed by atoms with Crippen LogP contribution < -0.4 is 5.32 Å². The molecule has 0 aromatic heterocycles. The molecule has 2 amide bonds. The van der Waals surface area contributed by atoms with Crippen LogP contribution in [0.4, 0.5) is 10.5 Å². The standard InChI is InChI=1S/C21H32N2O/c1-19(2,3)15-7-9-16(10-8-15)22-18(24)23-14-21(6)12-17(23)11-20(4,5)13-21/h7-10,17H,11-14H2,1-6H3,(H,22,24). The Morgan fingerprint density at radius 2 is 1.75 bits per heavy atom. The van der Waals surface area contributed by atoms with Crippen molar-refractivity contribution in [2.45, 2.75) is 72.3 Å². The number of fused-ring (bicyclic) bond motifs is 2. The number of hydrogen-bond acceptors (Lipinski definition) is 1. The van der Waals surface area contributed by atoms with E-state index in [1.165, 1.54) is 12.0 Å². The molecule has 2 atom stereocenters. The van der Waals surface area contributed by atoms with E-state index in [2.05, 4.69) is 63.9 Å². The lowest BCUT2D eigenvalue weighted by atomic mass is 9.65. The molecule has 1 N–H and O–H groups in total. The van der Waals surface area contributed by atoms with Gasteiger partial charge in [0.15, 0.2) is 0 Å². The Bertz CT molecular complexity index is 626. The molecule has 1 aromatic rings. The van der Waals surface area contributed by atoms with E-state index in [9.17, 15) is 4.79 Å². The van der Waals surface area contributed by atoms with Gasteiger partial charge in [-0.2, -0.15) is 0 Å². The first-order chi connectivity index (χ1) is 11.0. The number of benzene rings is 1. The average molecular weight is 329 g/mol. The summed E-state index contributed by atoms with van der Waals surface area (Å²) in [4.78, 5) is 14.9. The van der Waals surface area contributed by atoms with E-state index in [4.69, 9.17) is 0 Å². The molecule has 2 aliphatic rings. The number of amides is 2. The number of likely N-dealkylation sites (tertiary alicyclic amines) is 1. The zero-order valence-electron chi connectivity index (χ0n) is 16.1. The van der Waals surface area contributed by atoms with E-state index in [1.54, 1.807) is 0 Å². The van der Waals surface area contributed by atoms with Crippen molar-refractivity contribution in [3.8, 4) is 0 Å². The van der Waals surface area contributed by atoms with E-state index in [-0.39, 0.29) is 16.9 Å². The Morgan fingerprint density at radius 1 is 1.12 bits per heavy atom. The van der Waals surface area contributed by atoms with Gasteiger partial charge >= 0.3 is 6.03 Å². The summed E-state index contributed by atoms with van der Waals surface area (Å²) in [6.07, 6.45) is 3.46. The summed E-state index contributed by atoms with van der Waals surface area (Å²) in [5.41, 5.74) is 2.92. The van der Waals surface area contributed by atoms with E-state index in [0.29, 0.717) is 11.5 Å². The Labute approximate surface area is 146 Å². The smallest absolute Gasteiger partial charge is 0.321 e. The highest BCUT2D eigenvalue weighted by Gasteiger charge is 2.50. The molecule has 3 rings (SSSR count). The molecule has 0 spiro atoms. The number of carbonyl (C=O) groups is 1. The Hall–Kier alpha value is -1.51. The summed E-state index contributed by atoms with van der Waals surface area (Å²) in [7, 11) is 0. The maximum absolute atomic E-state index is 12.8. The van der Waals surface area contributed by atoms with Crippen LogP contribution in [0.15, 0.2) is 24.3 Å². The zero-order valence-corrected chi connectivity index (χ0v) is 16.1. The van der Waals surface area contributed by atoms with Gasteiger partial charge in [-0.3, -0.25) is 0 Å². The summed E-state index contributed by atoms with van der Waals surface area (Å²) in [6.45, 7) is 14.5. The second kappa shape index (κ2) is 5.50. The van der Waals surface area contributed by atoms with Gasteiger partial charge in [0.2, 0.25) is 0 Å². The lowest BCUT2D eigenvalue weighted by Gasteiger charge is -2.39. The summed E-state index contributed by atoms with van der Waals surface area (Å²) >= 11 is 0. The summed E-state index contributed by atoms with van der Waals surface area (Å²) in [5.74, 6) is 0. The molecule has 3 heteroatoms. The minimum absolute atomic E-state index is 0.0601. The quantitative estimate of drug-likeness (QED) is 0.734. The van der Waals surface area contributed by atoms with Crippen LogP contribution in [0.3, 0.4) is 0 Å². The summed E-state index contributed by atoms with van der Waals surface area (Å²) in [5, 5.41) is 3.11. The topological polar surface area (TPSA) is 32.3 Å². The number of anilines is 1. The highest BCUT2D eigenvalue weighted by molar-refractivity contribution is 5.89. The van der Waals surface area contributed by atoms with Crippen LogP contribution in [0.1, 0.15) is 66.4 Å². The van der Waals surface area contributed by atoms with Crippen LogP contribution in [0.25, 0.3) is 0 Å². The molecule has 1 aliphatic heterocycles.